The lowest BCUT2D eigenvalue weighted by Gasteiger charge is -2.37. The topological polar surface area (TPSA) is 90.4 Å². The van der Waals surface area contributed by atoms with E-state index in [1.165, 1.54) is 10.4 Å². The fourth-order valence-electron chi connectivity index (χ4n) is 3.92. The number of rotatable bonds is 7. The Bertz CT molecular complexity index is 1040. The molecule has 0 unspecified atom stereocenters. The predicted octanol–water partition coefficient (Wildman–Crippen LogP) is 1.63. The highest BCUT2D eigenvalue weighted by Gasteiger charge is 2.38. The van der Waals surface area contributed by atoms with Gasteiger partial charge in [-0.1, -0.05) is 18.8 Å². The molecule has 0 radical (unpaired) electrons. The minimum atomic E-state index is -3.90. The number of carbonyl (C=O) groups is 1. The molecule has 9 heteroatoms. The van der Waals surface area contributed by atoms with Crippen molar-refractivity contribution in [1.82, 2.24) is 14.1 Å². The van der Waals surface area contributed by atoms with Gasteiger partial charge in [-0.3, -0.25) is 9.69 Å². The number of aliphatic hydroxyl groups is 1. The van der Waals surface area contributed by atoms with E-state index < -0.39 is 22.2 Å². The van der Waals surface area contributed by atoms with Crippen molar-refractivity contribution < 1.29 is 23.1 Å². The van der Waals surface area contributed by atoms with Gasteiger partial charge in [0, 0.05) is 37.5 Å². The summed E-state index contributed by atoms with van der Waals surface area (Å²) in [6.07, 6.45) is 2.34. The molecule has 0 spiro atoms. The lowest BCUT2D eigenvalue weighted by atomic mass is 10.0. The third-order valence-electron chi connectivity index (χ3n) is 6.33. The first-order chi connectivity index (χ1) is 16.0. The highest BCUT2D eigenvalue weighted by Crippen LogP contribution is 2.35. The van der Waals surface area contributed by atoms with E-state index in [0.29, 0.717) is 31.0 Å². The van der Waals surface area contributed by atoms with Gasteiger partial charge in [0.2, 0.25) is 15.9 Å². The molecule has 0 saturated heterocycles. The molecule has 1 saturated carbocycles. The van der Waals surface area contributed by atoms with E-state index in [4.69, 9.17) is 4.74 Å². The van der Waals surface area contributed by atoms with Crippen LogP contribution in [0.25, 0.3) is 0 Å². The summed E-state index contributed by atoms with van der Waals surface area (Å²) in [6.45, 7) is 4.43. The van der Waals surface area contributed by atoms with E-state index in [1.54, 1.807) is 31.0 Å². The van der Waals surface area contributed by atoms with Crippen molar-refractivity contribution >= 4 is 15.9 Å². The Labute approximate surface area is 203 Å². The predicted molar refractivity (Wildman–Crippen MR) is 131 cm³/mol. The van der Waals surface area contributed by atoms with E-state index in [2.05, 4.69) is 11.8 Å². The number of hydrogen-bond donors (Lipinski definition) is 1. The Kier molecular flexibility index (Phi) is 8.63. The van der Waals surface area contributed by atoms with Crippen LogP contribution in [0.3, 0.4) is 0 Å². The Hall–Kier alpha value is -2.12. The number of carbonyl (C=O) groups excluding carboxylic acids is 1. The molecule has 8 nitrogen and oxygen atoms in total. The van der Waals surface area contributed by atoms with Crippen LogP contribution in [-0.2, 0) is 14.8 Å². The number of ether oxygens (including phenoxy) is 1. The van der Waals surface area contributed by atoms with Gasteiger partial charge in [0.15, 0.2) is 0 Å². The van der Waals surface area contributed by atoms with Gasteiger partial charge in [-0.2, -0.15) is 4.31 Å². The molecule has 1 N–H and O–H groups in total. The molecule has 1 fully saturated rings. The smallest absolute Gasteiger partial charge is 0.247 e. The third kappa shape index (κ3) is 6.51. The van der Waals surface area contributed by atoms with E-state index in [1.807, 2.05) is 25.9 Å². The maximum Gasteiger partial charge on any atom is 0.247 e. The van der Waals surface area contributed by atoms with Crippen molar-refractivity contribution in [2.45, 2.75) is 50.2 Å². The van der Waals surface area contributed by atoms with Crippen LogP contribution in [0.15, 0.2) is 23.1 Å². The number of aliphatic hydroxyl groups excluding tert-OH is 1. The number of likely N-dealkylation sites (N-methyl/N-ethyl adjacent to an activating group) is 1. The largest absolute Gasteiger partial charge is 0.487 e. The first-order valence-electron chi connectivity index (χ1n) is 11.8. The fourth-order valence-corrected chi connectivity index (χ4v) is 5.74. The number of benzene rings is 1. The summed E-state index contributed by atoms with van der Waals surface area (Å²) in [5, 5.41) is 9.76. The van der Waals surface area contributed by atoms with Crippen molar-refractivity contribution in [3.8, 4) is 17.6 Å². The summed E-state index contributed by atoms with van der Waals surface area (Å²) in [4.78, 5) is 16.3. The maximum atomic E-state index is 13.5. The normalized spacial score (nSPS) is 23.0. The van der Waals surface area contributed by atoms with Crippen LogP contribution in [0, 0.1) is 23.7 Å². The maximum absolute atomic E-state index is 13.5. The summed E-state index contributed by atoms with van der Waals surface area (Å²) < 4.78 is 34.7. The molecular formula is C25H37N3O5S. The molecule has 188 valence electrons. The molecule has 3 atom stereocenters. The molecule has 34 heavy (non-hydrogen) atoms. The molecule has 1 aromatic carbocycles. The summed E-state index contributed by atoms with van der Waals surface area (Å²) in [7, 11) is 1.72. The van der Waals surface area contributed by atoms with Crippen LogP contribution in [0.2, 0.25) is 0 Å². The molecule has 1 amide bonds. The second-order valence-electron chi connectivity index (χ2n) is 9.86. The van der Waals surface area contributed by atoms with Crippen molar-refractivity contribution in [3.05, 3.63) is 23.8 Å². The first kappa shape index (κ1) is 26.5. The first-order valence-corrected chi connectivity index (χ1v) is 13.3. The van der Waals surface area contributed by atoms with Crippen molar-refractivity contribution in [2.24, 2.45) is 11.8 Å². The average Bonchev–Trinajstić information content (AvgIpc) is 3.59. The van der Waals surface area contributed by atoms with Crippen molar-refractivity contribution in [1.29, 1.82) is 0 Å². The van der Waals surface area contributed by atoms with Crippen molar-refractivity contribution in [2.75, 3.05) is 47.4 Å². The lowest BCUT2D eigenvalue weighted by molar-refractivity contribution is -0.131. The van der Waals surface area contributed by atoms with Crippen LogP contribution in [0.1, 0.15) is 38.7 Å². The van der Waals surface area contributed by atoms with Crippen LogP contribution in [0.5, 0.6) is 5.75 Å². The van der Waals surface area contributed by atoms with E-state index in [9.17, 15) is 18.3 Å². The second-order valence-corrected chi connectivity index (χ2v) is 11.7. The zero-order valence-corrected chi connectivity index (χ0v) is 21.6. The Morgan fingerprint density at radius 2 is 2.00 bits per heavy atom. The molecule has 1 heterocycles. The molecule has 3 rings (SSSR count). The Morgan fingerprint density at radius 3 is 2.62 bits per heavy atom. The van der Waals surface area contributed by atoms with Crippen molar-refractivity contribution in [3.63, 3.8) is 0 Å². The van der Waals surface area contributed by atoms with Crippen LogP contribution in [-0.4, -0.2) is 93.1 Å². The molecule has 0 aromatic heterocycles. The van der Waals surface area contributed by atoms with Gasteiger partial charge in [0.05, 0.1) is 19.7 Å². The minimum Gasteiger partial charge on any atom is -0.487 e. The Morgan fingerprint density at radius 1 is 1.29 bits per heavy atom. The molecule has 1 aliphatic carbocycles. The number of fused-ring (bicyclic) bond motifs is 1. The summed E-state index contributed by atoms with van der Waals surface area (Å²) in [5.41, 5.74) is 0.655. The summed E-state index contributed by atoms with van der Waals surface area (Å²) in [6, 6.07) is 4.27. The molecular weight excluding hydrogens is 454 g/mol. The zero-order valence-electron chi connectivity index (χ0n) is 20.8. The fraction of sp³-hybridized carbons (Fsp3) is 0.640. The monoisotopic (exact) mass is 491 g/mol. The molecule has 0 bridgehead atoms. The van der Waals surface area contributed by atoms with E-state index in [-0.39, 0.29) is 35.6 Å². The van der Waals surface area contributed by atoms with Gasteiger partial charge in [0.25, 0.3) is 0 Å². The van der Waals surface area contributed by atoms with Gasteiger partial charge in [-0.25, -0.2) is 8.42 Å². The highest BCUT2D eigenvalue weighted by molar-refractivity contribution is 7.89. The van der Waals surface area contributed by atoms with Crippen LogP contribution < -0.4 is 4.74 Å². The number of nitrogens with zero attached hydrogens (tertiary/aromatic N) is 3. The highest BCUT2D eigenvalue weighted by atomic mass is 32.2. The zero-order chi connectivity index (χ0) is 25.0. The van der Waals surface area contributed by atoms with Gasteiger partial charge >= 0.3 is 0 Å². The summed E-state index contributed by atoms with van der Waals surface area (Å²) in [5.74, 6) is 6.71. The third-order valence-corrected chi connectivity index (χ3v) is 8.35. The van der Waals surface area contributed by atoms with Gasteiger partial charge in [0.1, 0.15) is 16.7 Å². The Balaban J connectivity index is 1.97. The van der Waals surface area contributed by atoms with Gasteiger partial charge < -0.3 is 14.7 Å². The van der Waals surface area contributed by atoms with Crippen LogP contribution in [0.4, 0.5) is 0 Å². The second kappa shape index (κ2) is 11.1. The number of hydrogen-bond acceptors (Lipinski definition) is 6. The molecule has 2 aliphatic rings. The van der Waals surface area contributed by atoms with Crippen LogP contribution >= 0.6 is 0 Å². The van der Waals surface area contributed by atoms with Gasteiger partial charge in [-0.05, 0) is 58.0 Å². The minimum absolute atomic E-state index is 0.0508. The van der Waals surface area contributed by atoms with Gasteiger partial charge in [-0.15, -0.1) is 0 Å². The quantitative estimate of drug-likeness (QED) is 0.583. The lowest BCUT2D eigenvalue weighted by Crippen LogP contribution is -2.50. The number of amides is 1. The molecule has 1 aromatic rings. The molecule has 1 aliphatic heterocycles. The standard InChI is InChI=1S/C25H37N3O5S/c1-18-15-28(19(2)17-29)34(31,32)24-11-10-20(7-6-12-26(3)4)13-22(24)33-23(18)16-27(5)25(30)14-21-8-9-21/h10-11,13,18-19,21,23,29H,8-9,12,14-17H2,1-5H3/t18-,19-,23+/m0/s1. The SMILES string of the molecule is C[C@H]1CN([C@@H](C)CO)S(=O)(=O)c2ccc(C#CCN(C)C)cc2O[C@@H]1CN(C)C(=O)CC1CC1. The summed E-state index contributed by atoms with van der Waals surface area (Å²) >= 11 is 0. The van der Waals surface area contributed by atoms with E-state index in [0.717, 1.165) is 12.8 Å². The van der Waals surface area contributed by atoms with E-state index >= 15 is 0 Å². The number of sulfonamides is 1. The average molecular weight is 492 g/mol.